The van der Waals surface area contributed by atoms with Crippen molar-refractivity contribution in [3.8, 4) is 0 Å². The van der Waals surface area contributed by atoms with Gasteiger partial charge in [-0.3, -0.25) is 0 Å². The predicted octanol–water partition coefficient (Wildman–Crippen LogP) is 1.24. The van der Waals surface area contributed by atoms with Crippen LogP contribution in [0.15, 0.2) is 7.87 Å². The summed E-state index contributed by atoms with van der Waals surface area (Å²) in [6, 6.07) is 0. The van der Waals surface area contributed by atoms with Gasteiger partial charge in [0.05, 0.1) is 3.39 Å². The molecule has 0 spiro atoms. The van der Waals surface area contributed by atoms with Crippen LogP contribution in [0.25, 0.3) is 0 Å². The van der Waals surface area contributed by atoms with Gasteiger partial charge in [0, 0.05) is 0 Å². The summed E-state index contributed by atoms with van der Waals surface area (Å²) in [5, 5.41) is 8.19. The molecule has 52 valence electrons. The fourth-order valence-corrected chi connectivity index (χ4v) is 0.420. The molecular weight excluding hydrogens is 423 g/mol. The summed E-state index contributed by atoms with van der Waals surface area (Å²) in [5.74, 6) is -1.01. The van der Waals surface area contributed by atoms with E-state index in [4.69, 9.17) is 5.11 Å². The van der Waals surface area contributed by atoms with E-state index in [1.54, 1.807) is 0 Å². The van der Waals surface area contributed by atoms with Gasteiger partial charge in [-0.2, -0.15) is 0 Å². The molecule has 2 nitrogen and oxygen atoms in total. The molecule has 0 aromatic heterocycles. The minimum atomic E-state index is -1.01. The van der Waals surface area contributed by atoms with Crippen molar-refractivity contribution in [1.29, 1.82) is 0 Å². The van der Waals surface area contributed by atoms with Crippen LogP contribution in [0.5, 0.6) is 0 Å². The third-order valence-corrected chi connectivity index (χ3v) is 2.95. The van der Waals surface area contributed by atoms with E-state index in [0.717, 1.165) is 0 Å². The number of hydrogen-bond acceptors (Lipinski definition) is 1. The molecule has 0 aromatic carbocycles. The molecule has 0 heterocycles. The Kier molecular flexibility index (Phi) is 9.11. The molecule has 9 heavy (non-hydrogen) atoms. The van der Waals surface area contributed by atoms with E-state index in [0.29, 0.717) is 3.39 Å². The summed E-state index contributed by atoms with van der Waals surface area (Å²) in [4.78, 5) is 9.98. The first-order chi connectivity index (χ1) is 3.55. The van der Waals surface area contributed by atoms with Crippen molar-refractivity contribution >= 4 is 79.6 Å². The molecule has 1 N–H and O–H groups in total. The molecule has 0 aliphatic heterocycles. The van der Waals surface area contributed by atoms with Crippen molar-refractivity contribution in [2.75, 3.05) is 0 Å². The van der Waals surface area contributed by atoms with Crippen LogP contribution in [0.4, 0.5) is 0 Å². The van der Waals surface area contributed by atoms with E-state index in [9.17, 15) is 4.79 Å². The molecular formula is C3H4Br3InO2. The van der Waals surface area contributed by atoms with Gasteiger partial charge in [0.1, 0.15) is 4.48 Å². The normalized spacial score (nSPS) is 7.44. The van der Waals surface area contributed by atoms with Crippen molar-refractivity contribution < 1.29 is 9.90 Å². The van der Waals surface area contributed by atoms with Gasteiger partial charge in [0.2, 0.25) is 0 Å². The summed E-state index contributed by atoms with van der Waals surface area (Å²) in [6.45, 7) is 0. The number of rotatable bonds is 1. The maximum atomic E-state index is 9.98. The molecule has 0 radical (unpaired) electrons. The summed E-state index contributed by atoms with van der Waals surface area (Å²) in [7, 11) is 0. The minimum absolute atomic E-state index is 0. The van der Waals surface area contributed by atoms with Crippen molar-refractivity contribution in [3.05, 3.63) is 7.87 Å². The molecule has 0 saturated carbocycles. The Bertz CT molecular complexity index is 140. The zero-order valence-electron chi connectivity index (χ0n) is 3.49. The second-order valence-electron chi connectivity index (χ2n) is 0.880. The van der Waals surface area contributed by atoms with Gasteiger partial charge in [0.25, 0.3) is 0 Å². The second-order valence-corrected chi connectivity index (χ2v) is 4.32. The predicted molar refractivity (Wildman–Crippen MR) is 51.4 cm³/mol. The average Bonchev–Trinajstić information content (AvgIpc) is 1.64. The van der Waals surface area contributed by atoms with Crippen molar-refractivity contribution in [2.45, 2.75) is 0 Å². The Morgan fingerprint density at radius 2 is 1.56 bits per heavy atom. The third kappa shape index (κ3) is 5.94. The van der Waals surface area contributed by atoms with Gasteiger partial charge in [-0.25, -0.2) is 4.79 Å². The number of carbonyl (C=O) groups is 1. The van der Waals surface area contributed by atoms with Crippen LogP contribution in [0.1, 0.15) is 0 Å². The Morgan fingerprint density at radius 1 is 1.22 bits per heavy atom. The van der Waals surface area contributed by atoms with E-state index in [1.807, 2.05) is 0 Å². The fourth-order valence-electron chi connectivity index (χ4n) is 0.0808. The molecule has 6 heteroatoms. The van der Waals surface area contributed by atoms with Gasteiger partial charge in [-0.15, -0.1) is 0 Å². The molecule has 0 amide bonds. The summed E-state index contributed by atoms with van der Waals surface area (Å²) in [5.41, 5.74) is 0. The molecule has 0 unspecified atom stereocenters. The molecule has 0 fully saturated rings. The number of aliphatic carboxylic acids is 1. The first kappa shape index (κ1) is 13.1. The van der Waals surface area contributed by atoms with Crippen LogP contribution in [0.3, 0.4) is 0 Å². The monoisotopic (exact) mass is 424 g/mol. The second kappa shape index (κ2) is 6.24. The summed E-state index contributed by atoms with van der Waals surface area (Å²) < 4.78 is 0.481. The van der Waals surface area contributed by atoms with Gasteiger partial charge >= 0.3 is 31.8 Å². The first-order valence-corrected chi connectivity index (χ1v) is 3.87. The summed E-state index contributed by atoms with van der Waals surface area (Å²) in [6.07, 6.45) is 0. The topological polar surface area (TPSA) is 37.3 Å². The van der Waals surface area contributed by atoms with Gasteiger partial charge in [-0.1, -0.05) is 0 Å². The Labute approximate surface area is 96.2 Å². The molecule has 0 saturated heterocycles. The Balaban J connectivity index is 0. The first-order valence-electron chi connectivity index (χ1n) is 1.49. The molecule has 0 rings (SSSR count). The zero-order valence-corrected chi connectivity index (χ0v) is 8.25. The average molecular weight is 427 g/mol. The van der Waals surface area contributed by atoms with E-state index < -0.39 is 5.97 Å². The van der Waals surface area contributed by atoms with Gasteiger partial charge in [0.15, 0.2) is 0 Å². The maximum absolute atomic E-state index is 9.98. The molecule has 0 aromatic rings. The zero-order chi connectivity index (χ0) is 6.73. The quantitative estimate of drug-likeness (QED) is 0.641. The van der Waals surface area contributed by atoms with E-state index in [-0.39, 0.29) is 30.3 Å². The number of halogens is 3. The van der Waals surface area contributed by atoms with Crippen LogP contribution in [0, 0.1) is 0 Å². The van der Waals surface area contributed by atoms with E-state index in [2.05, 4.69) is 47.8 Å². The SMILES string of the molecule is O=C(O)C(Br)=C(Br)Br.[InH3]. The van der Waals surface area contributed by atoms with Crippen LogP contribution in [-0.2, 0) is 4.79 Å². The van der Waals surface area contributed by atoms with Crippen LogP contribution in [-0.4, -0.2) is 36.9 Å². The molecule has 0 atom stereocenters. The Hall–Kier alpha value is 1.52. The number of hydrogen-bond donors (Lipinski definition) is 1. The number of carboxylic acids is 1. The van der Waals surface area contributed by atoms with Crippen LogP contribution in [0.2, 0.25) is 0 Å². The summed E-state index contributed by atoms with van der Waals surface area (Å²) >= 11 is 8.61. The van der Waals surface area contributed by atoms with Crippen LogP contribution < -0.4 is 0 Å². The van der Waals surface area contributed by atoms with Gasteiger partial charge < -0.3 is 5.11 Å². The fraction of sp³-hybridized carbons (Fsp3) is 0. The molecule has 0 aliphatic rings. The van der Waals surface area contributed by atoms with Crippen molar-refractivity contribution in [3.63, 3.8) is 0 Å². The van der Waals surface area contributed by atoms with E-state index >= 15 is 0 Å². The standard InChI is InChI=1S/C3HBr3O2.In.3H/c4-1(2(5)6)3(7)8;;;;/h(H,7,8);;;;. The molecule has 0 aliphatic carbocycles. The van der Waals surface area contributed by atoms with Crippen molar-refractivity contribution in [2.24, 2.45) is 0 Å². The van der Waals surface area contributed by atoms with Gasteiger partial charge in [-0.05, 0) is 47.8 Å². The Morgan fingerprint density at radius 3 is 1.56 bits per heavy atom. The van der Waals surface area contributed by atoms with Crippen molar-refractivity contribution in [1.82, 2.24) is 0 Å². The molecule has 0 bridgehead atoms. The third-order valence-electron chi connectivity index (χ3n) is 0.354. The number of carboxylic acid groups (broad SMARTS) is 1. The van der Waals surface area contributed by atoms with Crippen LogP contribution >= 0.6 is 47.8 Å². The van der Waals surface area contributed by atoms with E-state index in [1.165, 1.54) is 0 Å².